The maximum Gasteiger partial charge on any atom is 0.243 e. The van der Waals surface area contributed by atoms with Gasteiger partial charge in [-0.2, -0.15) is 4.31 Å². The number of benzene rings is 1. The van der Waals surface area contributed by atoms with E-state index in [1.807, 2.05) is 0 Å². The third-order valence-corrected chi connectivity index (χ3v) is 5.66. The average molecular weight is 349 g/mol. The van der Waals surface area contributed by atoms with Gasteiger partial charge in [-0.15, -0.1) is 0 Å². The number of halogens is 1. The molecule has 2 rings (SSSR count). The minimum atomic E-state index is -3.47. The Labute approximate surface area is 121 Å². The van der Waals surface area contributed by atoms with Crippen LogP contribution in [0.4, 0.5) is 0 Å². The molecule has 0 aromatic heterocycles. The van der Waals surface area contributed by atoms with Crippen LogP contribution in [0.25, 0.3) is 0 Å². The van der Waals surface area contributed by atoms with Gasteiger partial charge in [-0.05, 0) is 47.0 Å². The summed E-state index contributed by atoms with van der Waals surface area (Å²) >= 11 is 3.30. The number of methoxy groups -OCH3 is 1. The average Bonchev–Trinajstić information content (AvgIpc) is 2.38. The number of piperidine rings is 1. The lowest BCUT2D eigenvalue weighted by atomic mass is 10.1. The number of ether oxygens (including phenoxy) is 1. The van der Waals surface area contributed by atoms with E-state index in [-0.39, 0.29) is 10.9 Å². The van der Waals surface area contributed by atoms with Crippen LogP contribution in [0.3, 0.4) is 0 Å². The summed E-state index contributed by atoms with van der Waals surface area (Å²) in [5.41, 5.74) is 5.84. The van der Waals surface area contributed by atoms with Gasteiger partial charge in [0.2, 0.25) is 10.0 Å². The molecule has 106 valence electrons. The number of nitrogens with zero attached hydrogens (tertiary/aromatic N) is 1. The quantitative estimate of drug-likeness (QED) is 0.899. The summed E-state index contributed by atoms with van der Waals surface area (Å²) < 4.78 is 32.2. The number of hydrogen-bond donors (Lipinski definition) is 1. The molecule has 1 fully saturated rings. The van der Waals surface area contributed by atoms with E-state index < -0.39 is 10.0 Å². The van der Waals surface area contributed by atoms with Crippen molar-refractivity contribution in [2.24, 2.45) is 5.73 Å². The van der Waals surface area contributed by atoms with Crippen molar-refractivity contribution >= 4 is 26.0 Å². The normalized spacial score (nSPS) is 21.3. The zero-order valence-electron chi connectivity index (χ0n) is 10.7. The van der Waals surface area contributed by atoms with Gasteiger partial charge in [0, 0.05) is 19.1 Å². The van der Waals surface area contributed by atoms with Gasteiger partial charge < -0.3 is 10.5 Å². The second kappa shape index (κ2) is 5.78. The maximum absolute atomic E-state index is 12.5. The van der Waals surface area contributed by atoms with Gasteiger partial charge in [0.05, 0.1) is 16.5 Å². The van der Waals surface area contributed by atoms with Gasteiger partial charge >= 0.3 is 0 Å². The second-order valence-electron chi connectivity index (χ2n) is 4.56. The van der Waals surface area contributed by atoms with Crippen LogP contribution in [0.2, 0.25) is 0 Å². The molecule has 0 bridgehead atoms. The summed E-state index contributed by atoms with van der Waals surface area (Å²) in [6.07, 6.45) is 1.68. The highest BCUT2D eigenvalue weighted by molar-refractivity contribution is 9.10. The number of sulfonamides is 1. The van der Waals surface area contributed by atoms with Crippen molar-refractivity contribution in [3.8, 4) is 5.75 Å². The molecule has 5 nitrogen and oxygen atoms in total. The molecule has 2 N–H and O–H groups in total. The first-order valence-corrected chi connectivity index (χ1v) is 8.27. The fraction of sp³-hybridized carbons (Fsp3) is 0.500. The molecule has 1 aliphatic rings. The predicted molar refractivity (Wildman–Crippen MR) is 76.7 cm³/mol. The molecule has 1 aliphatic heterocycles. The van der Waals surface area contributed by atoms with Crippen LogP contribution in [-0.4, -0.2) is 39.0 Å². The first-order valence-electron chi connectivity index (χ1n) is 6.04. The minimum Gasteiger partial charge on any atom is -0.496 e. The van der Waals surface area contributed by atoms with Gasteiger partial charge in [-0.1, -0.05) is 0 Å². The largest absolute Gasteiger partial charge is 0.496 e. The molecule has 7 heteroatoms. The van der Waals surface area contributed by atoms with E-state index in [4.69, 9.17) is 10.5 Å². The van der Waals surface area contributed by atoms with Crippen LogP contribution in [0.1, 0.15) is 12.8 Å². The third kappa shape index (κ3) is 3.10. The van der Waals surface area contributed by atoms with Gasteiger partial charge in [-0.3, -0.25) is 0 Å². The van der Waals surface area contributed by atoms with Crippen LogP contribution in [-0.2, 0) is 10.0 Å². The maximum atomic E-state index is 12.5. The van der Waals surface area contributed by atoms with Crippen LogP contribution < -0.4 is 10.5 Å². The standard InChI is InChI=1S/C12H17BrN2O3S/c1-18-12-5-4-10(7-11(12)13)19(16,17)15-6-2-3-9(14)8-15/h4-5,7,9H,2-3,6,8,14H2,1H3/t9-/m1/s1. The molecule has 19 heavy (non-hydrogen) atoms. The Hall–Kier alpha value is -0.630. The van der Waals surface area contributed by atoms with Crippen molar-refractivity contribution in [1.82, 2.24) is 4.31 Å². The lowest BCUT2D eigenvalue weighted by Crippen LogP contribution is -2.45. The second-order valence-corrected chi connectivity index (χ2v) is 7.35. The molecule has 1 saturated heterocycles. The van der Waals surface area contributed by atoms with E-state index in [1.165, 1.54) is 11.4 Å². The SMILES string of the molecule is COc1ccc(S(=O)(=O)N2CCC[C@@H](N)C2)cc1Br. The van der Waals surface area contributed by atoms with Crippen molar-refractivity contribution in [2.45, 2.75) is 23.8 Å². The minimum absolute atomic E-state index is 0.0785. The summed E-state index contributed by atoms with van der Waals surface area (Å²) in [5.74, 6) is 0.606. The van der Waals surface area contributed by atoms with Gasteiger partial charge in [0.25, 0.3) is 0 Å². The summed E-state index contributed by atoms with van der Waals surface area (Å²) in [6, 6.07) is 4.68. The Morgan fingerprint density at radius 1 is 1.47 bits per heavy atom. The Morgan fingerprint density at radius 3 is 2.79 bits per heavy atom. The summed E-state index contributed by atoms with van der Waals surface area (Å²) in [5, 5.41) is 0. The lowest BCUT2D eigenvalue weighted by molar-refractivity contribution is 0.316. The molecule has 0 spiro atoms. The third-order valence-electron chi connectivity index (χ3n) is 3.18. The fourth-order valence-electron chi connectivity index (χ4n) is 2.15. The van der Waals surface area contributed by atoms with E-state index in [9.17, 15) is 8.42 Å². The van der Waals surface area contributed by atoms with Gasteiger partial charge in [0.1, 0.15) is 5.75 Å². The van der Waals surface area contributed by atoms with E-state index in [0.717, 1.165) is 12.8 Å². The summed E-state index contributed by atoms with van der Waals surface area (Å²) in [6.45, 7) is 0.908. The molecule has 0 radical (unpaired) electrons. The summed E-state index contributed by atoms with van der Waals surface area (Å²) in [7, 11) is -1.94. The molecule has 0 unspecified atom stereocenters. The van der Waals surface area contributed by atoms with Crippen molar-refractivity contribution in [3.05, 3.63) is 22.7 Å². The van der Waals surface area contributed by atoms with E-state index in [1.54, 1.807) is 18.2 Å². The molecule has 1 aromatic rings. The Bertz CT molecular complexity index is 562. The van der Waals surface area contributed by atoms with Crippen LogP contribution >= 0.6 is 15.9 Å². The van der Waals surface area contributed by atoms with Crippen LogP contribution in [0, 0.1) is 0 Å². The molecular formula is C12H17BrN2O3S. The molecule has 0 aliphatic carbocycles. The first kappa shape index (κ1) is 14.8. The van der Waals surface area contributed by atoms with Crippen LogP contribution in [0.15, 0.2) is 27.6 Å². The number of rotatable bonds is 3. The van der Waals surface area contributed by atoms with Crippen molar-refractivity contribution in [2.75, 3.05) is 20.2 Å². The van der Waals surface area contributed by atoms with Crippen LogP contribution in [0.5, 0.6) is 5.75 Å². The van der Waals surface area contributed by atoms with Crippen molar-refractivity contribution in [1.29, 1.82) is 0 Å². The number of nitrogens with two attached hydrogens (primary N) is 1. The molecule has 1 aromatic carbocycles. The zero-order valence-corrected chi connectivity index (χ0v) is 13.1. The Morgan fingerprint density at radius 2 is 2.21 bits per heavy atom. The highest BCUT2D eigenvalue weighted by Gasteiger charge is 2.29. The molecule has 1 heterocycles. The lowest BCUT2D eigenvalue weighted by Gasteiger charge is -2.29. The molecular weight excluding hydrogens is 332 g/mol. The van der Waals surface area contributed by atoms with Gasteiger partial charge in [-0.25, -0.2) is 8.42 Å². The van der Waals surface area contributed by atoms with Gasteiger partial charge in [0.15, 0.2) is 0 Å². The molecule has 0 amide bonds. The number of hydrogen-bond acceptors (Lipinski definition) is 4. The van der Waals surface area contributed by atoms with E-state index in [2.05, 4.69) is 15.9 Å². The highest BCUT2D eigenvalue weighted by atomic mass is 79.9. The Balaban J connectivity index is 2.31. The molecule has 1 atom stereocenters. The molecule has 0 saturated carbocycles. The topological polar surface area (TPSA) is 72.6 Å². The zero-order chi connectivity index (χ0) is 14.0. The van der Waals surface area contributed by atoms with Crippen molar-refractivity contribution in [3.63, 3.8) is 0 Å². The fourth-order valence-corrected chi connectivity index (χ4v) is 4.40. The first-order chi connectivity index (χ1) is 8.95. The Kier molecular flexibility index (Phi) is 4.50. The highest BCUT2D eigenvalue weighted by Crippen LogP contribution is 2.29. The van der Waals surface area contributed by atoms with E-state index in [0.29, 0.717) is 23.3 Å². The predicted octanol–water partition coefficient (Wildman–Crippen LogP) is 1.57. The van der Waals surface area contributed by atoms with Crippen molar-refractivity contribution < 1.29 is 13.2 Å². The monoisotopic (exact) mass is 348 g/mol. The summed E-state index contributed by atoms with van der Waals surface area (Å²) in [4.78, 5) is 0.259. The van der Waals surface area contributed by atoms with E-state index >= 15 is 0 Å². The smallest absolute Gasteiger partial charge is 0.243 e.